The Balaban J connectivity index is 1.91. The van der Waals surface area contributed by atoms with Crippen LogP contribution in [0.2, 0.25) is 0 Å². The van der Waals surface area contributed by atoms with E-state index in [1.807, 2.05) is 6.92 Å². The first-order valence-corrected chi connectivity index (χ1v) is 7.28. The quantitative estimate of drug-likeness (QED) is 0.872. The maximum absolute atomic E-state index is 5.62. The normalized spacial score (nSPS) is 26.2. The zero-order valence-electron chi connectivity index (χ0n) is 11.6. The molecule has 1 heterocycles. The van der Waals surface area contributed by atoms with E-state index in [4.69, 9.17) is 10.3 Å². The van der Waals surface area contributed by atoms with Gasteiger partial charge in [-0.2, -0.15) is 4.98 Å². The van der Waals surface area contributed by atoms with E-state index in [1.165, 1.54) is 38.5 Å². The van der Waals surface area contributed by atoms with Gasteiger partial charge in [-0.1, -0.05) is 31.8 Å². The van der Waals surface area contributed by atoms with Gasteiger partial charge in [0.1, 0.15) is 0 Å². The molecule has 0 radical (unpaired) electrons. The number of nitrogens with zero attached hydrogens (tertiary/aromatic N) is 2. The van der Waals surface area contributed by atoms with Gasteiger partial charge in [-0.25, -0.2) is 0 Å². The van der Waals surface area contributed by atoms with E-state index in [9.17, 15) is 0 Å². The van der Waals surface area contributed by atoms with Crippen LogP contribution in [0, 0.1) is 5.92 Å². The number of hydrogen-bond acceptors (Lipinski definition) is 4. The summed E-state index contributed by atoms with van der Waals surface area (Å²) in [4.78, 5) is 4.52. The zero-order valence-corrected chi connectivity index (χ0v) is 11.6. The molecule has 1 fully saturated rings. The lowest BCUT2D eigenvalue weighted by molar-refractivity contribution is 0.294. The van der Waals surface area contributed by atoms with Gasteiger partial charge >= 0.3 is 0 Å². The van der Waals surface area contributed by atoms with Crippen molar-refractivity contribution < 1.29 is 4.52 Å². The first kappa shape index (κ1) is 13.5. The molecule has 18 heavy (non-hydrogen) atoms. The second-order valence-electron chi connectivity index (χ2n) is 5.63. The minimum absolute atomic E-state index is 0.169. The molecule has 1 unspecified atom stereocenters. The lowest BCUT2D eigenvalue weighted by Crippen LogP contribution is -2.14. The summed E-state index contributed by atoms with van der Waals surface area (Å²) in [6, 6.07) is 0. The van der Waals surface area contributed by atoms with Gasteiger partial charge in [-0.05, 0) is 31.6 Å². The first-order chi connectivity index (χ1) is 8.74. The summed E-state index contributed by atoms with van der Waals surface area (Å²) in [5, 5.41) is 4.14. The Morgan fingerprint density at radius 1 is 1.33 bits per heavy atom. The molecule has 2 rings (SSSR count). The van der Waals surface area contributed by atoms with Crippen LogP contribution in [0.5, 0.6) is 0 Å². The molecule has 0 spiro atoms. The fourth-order valence-corrected chi connectivity index (χ4v) is 2.83. The van der Waals surface area contributed by atoms with Crippen molar-refractivity contribution in [3.8, 4) is 0 Å². The predicted molar refractivity (Wildman–Crippen MR) is 71.4 cm³/mol. The third-order valence-corrected chi connectivity index (χ3v) is 4.14. The fourth-order valence-electron chi connectivity index (χ4n) is 2.83. The second-order valence-corrected chi connectivity index (χ2v) is 5.63. The highest BCUT2D eigenvalue weighted by Gasteiger charge is 2.26. The molecule has 4 heteroatoms. The Bertz CT molecular complexity index is 356. The van der Waals surface area contributed by atoms with E-state index in [0.717, 1.165) is 11.7 Å². The molecule has 1 atom stereocenters. The Morgan fingerprint density at radius 2 is 2.06 bits per heavy atom. The van der Waals surface area contributed by atoms with Gasteiger partial charge in [-0.3, -0.25) is 0 Å². The summed E-state index contributed by atoms with van der Waals surface area (Å²) < 4.78 is 5.30. The molecule has 2 N–H and O–H groups in total. The molecule has 0 aliphatic heterocycles. The number of nitrogens with two attached hydrogens (primary N) is 1. The van der Waals surface area contributed by atoms with Crippen LogP contribution in [0.25, 0.3) is 0 Å². The van der Waals surface area contributed by atoms with Crippen LogP contribution < -0.4 is 5.73 Å². The average Bonchev–Trinajstić information content (AvgIpc) is 2.89. The SMILES string of the molecule is CCCC1CCC(c2noc(C(C)CN)n2)CC1. The van der Waals surface area contributed by atoms with Gasteiger partial charge in [0.15, 0.2) is 5.82 Å². The molecular weight excluding hydrogens is 226 g/mol. The molecule has 1 saturated carbocycles. The third-order valence-electron chi connectivity index (χ3n) is 4.14. The highest BCUT2D eigenvalue weighted by atomic mass is 16.5. The predicted octanol–water partition coefficient (Wildman–Crippen LogP) is 3.21. The minimum atomic E-state index is 0.169. The maximum atomic E-state index is 5.62. The van der Waals surface area contributed by atoms with Crippen LogP contribution >= 0.6 is 0 Å². The van der Waals surface area contributed by atoms with Crippen LogP contribution in [-0.2, 0) is 0 Å². The summed E-state index contributed by atoms with van der Waals surface area (Å²) in [6.07, 6.45) is 7.72. The lowest BCUT2D eigenvalue weighted by Gasteiger charge is -2.26. The number of rotatable bonds is 5. The molecule has 0 saturated heterocycles. The van der Waals surface area contributed by atoms with E-state index < -0.39 is 0 Å². The molecule has 0 bridgehead atoms. The van der Waals surface area contributed by atoms with Crippen molar-refractivity contribution in [2.24, 2.45) is 11.7 Å². The zero-order chi connectivity index (χ0) is 13.0. The second kappa shape index (κ2) is 6.32. The Labute approximate surface area is 109 Å². The topological polar surface area (TPSA) is 64.9 Å². The molecule has 102 valence electrons. The van der Waals surface area contributed by atoms with Crippen molar-refractivity contribution in [1.82, 2.24) is 10.1 Å². The van der Waals surface area contributed by atoms with Crippen molar-refractivity contribution in [2.75, 3.05) is 6.54 Å². The van der Waals surface area contributed by atoms with Gasteiger partial charge < -0.3 is 10.3 Å². The van der Waals surface area contributed by atoms with Crippen molar-refractivity contribution >= 4 is 0 Å². The van der Waals surface area contributed by atoms with Crippen LogP contribution in [0.15, 0.2) is 4.52 Å². The van der Waals surface area contributed by atoms with Crippen LogP contribution in [0.1, 0.15) is 75.9 Å². The summed E-state index contributed by atoms with van der Waals surface area (Å²) in [5.41, 5.74) is 5.62. The van der Waals surface area contributed by atoms with E-state index in [1.54, 1.807) is 0 Å². The number of aromatic nitrogens is 2. The van der Waals surface area contributed by atoms with E-state index in [-0.39, 0.29) is 5.92 Å². The molecule has 1 aliphatic rings. The van der Waals surface area contributed by atoms with E-state index >= 15 is 0 Å². The number of hydrogen-bond donors (Lipinski definition) is 1. The first-order valence-electron chi connectivity index (χ1n) is 7.28. The Kier molecular flexibility index (Phi) is 4.75. The van der Waals surface area contributed by atoms with E-state index in [0.29, 0.717) is 18.4 Å². The van der Waals surface area contributed by atoms with Crippen LogP contribution in [0.4, 0.5) is 0 Å². The molecule has 1 aromatic rings. The van der Waals surface area contributed by atoms with Gasteiger partial charge in [0.25, 0.3) is 0 Å². The van der Waals surface area contributed by atoms with Gasteiger partial charge in [-0.15, -0.1) is 0 Å². The Morgan fingerprint density at radius 3 is 2.67 bits per heavy atom. The molecule has 1 aliphatic carbocycles. The van der Waals surface area contributed by atoms with Crippen molar-refractivity contribution in [1.29, 1.82) is 0 Å². The third kappa shape index (κ3) is 3.10. The molecule has 4 nitrogen and oxygen atoms in total. The summed E-state index contributed by atoms with van der Waals surface area (Å²) in [7, 11) is 0. The lowest BCUT2D eigenvalue weighted by atomic mass is 9.80. The Hall–Kier alpha value is -0.900. The van der Waals surface area contributed by atoms with Crippen molar-refractivity contribution in [3.05, 3.63) is 11.7 Å². The van der Waals surface area contributed by atoms with E-state index in [2.05, 4.69) is 17.1 Å². The summed E-state index contributed by atoms with van der Waals surface area (Å²) in [6.45, 7) is 4.85. The van der Waals surface area contributed by atoms with Gasteiger partial charge in [0, 0.05) is 18.4 Å². The average molecular weight is 251 g/mol. The maximum Gasteiger partial charge on any atom is 0.230 e. The monoisotopic (exact) mass is 251 g/mol. The highest BCUT2D eigenvalue weighted by Crippen LogP contribution is 2.36. The largest absolute Gasteiger partial charge is 0.339 e. The smallest absolute Gasteiger partial charge is 0.230 e. The van der Waals surface area contributed by atoms with Crippen molar-refractivity contribution in [2.45, 2.75) is 64.2 Å². The standard InChI is InChI=1S/C14H25N3O/c1-3-4-11-5-7-12(8-6-11)13-16-14(18-17-13)10(2)9-15/h10-12H,3-9,15H2,1-2H3. The van der Waals surface area contributed by atoms with Gasteiger partial charge in [0.2, 0.25) is 5.89 Å². The molecular formula is C14H25N3O. The van der Waals surface area contributed by atoms with Gasteiger partial charge in [0.05, 0.1) is 0 Å². The van der Waals surface area contributed by atoms with Crippen molar-refractivity contribution in [3.63, 3.8) is 0 Å². The highest BCUT2D eigenvalue weighted by molar-refractivity contribution is 5.00. The summed E-state index contributed by atoms with van der Waals surface area (Å²) >= 11 is 0. The molecule has 0 aromatic carbocycles. The van der Waals surface area contributed by atoms with Crippen LogP contribution in [-0.4, -0.2) is 16.7 Å². The minimum Gasteiger partial charge on any atom is -0.339 e. The van der Waals surface area contributed by atoms with Crippen LogP contribution in [0.3, 0.4) is 0 Å². The molecule has 1 aromatic heterocycles. The molecule has 0 amide bonds. The summed E-state index contributed by atoms with van der Waals surface area (Å²) in [5.74, 6) is 3.19. The fraction of sp³-hybridized carbons (Fsp3) is 0.857.